The molecule has 1 atom stereocenters. The molecule has 14 heavy (non-hydrogen) atoms. The molecule has 1 N–H and O–H groups in total. The van der Waals surface area contributed by atoms with E-state index in [-0.39, 0.29) is 11.9 Å². The third kappa shape index (κ3) is 3.50. The van der Waals surface area contributed by atoms with Crippen LogP contribution in [-0.4, -0.2) is 11.2 Å². The van der Waals surface area contributed by atoms with Gasteiger partial charge in [-0.1, -0.05) is 46.3 Å². The minimum atomic E-state index is 0.0817. The van der Waals surface area contributed by atoms with E-state index in [1.54, 1.807) is 0 Å². The van der Waals surface area contributed by atoms with Crippen LogP contribution in [0.4, 0.5) is 0 Å². The maximum absolute atomic E-state index is 11.3. The Morgan fingerprint density at radius 3 is 2.64 bits per heavy atom. The van der Waals surface area contributed by atoms with Gasteiger partial charge in [-0.2, -0.15) is 0 Å². The molecule has 3 heteroatoms. The minimum absolute atomic E-state index is 0.0817. The van der Waals surface area contributed by atoms with Gasteiger partial charge in [0.15, 0.2) is 0 Å². The van der Waals surface area contributed by atoms with Crippen LogP contribution in [0.3, 0.4) is 0 Å². The van der Waals surface area contributed by atoms with E-state index in [1.165, 1.54) is 0 Å². The van der Waals surface area contributed by atoms with Gasteiger partial charge in [0.25, 0.3) is 0 Å². The summed E-state index contributed by atoms with van der Waals surface area (Å²) in [5, 5.41) is 3.64. The molecule has 0 spiro atoms. The van der Waals surface area contributed by atoms with Gasteiger partial charge in [0, 0.05) is 11.8 Å². The van der Waals surface area contributed by atoms with Crippen molar-refractivity contribution in [1.82, 2.24) is 5.32 Å². The number of hydrogen-bond donors (Lipinski definition) is 1. The Hall–Kier alpha value is -0.830. The fourth-order valence-corrected chi connectivity index (χ4v) is 1.58. The second kappa shape index (κ2) is 5.81. The van der Waals surface area contributed by atoms with E-state index in [0.717, 1.165) is 5.56 Å². The molecule has 2 nitrogen and oxygen atoms in total. The van der Waals surface area contributed by atoms with Gasteiger partial charge in [0.1, 0.15) is 0 Å². The van der Waals surface area contributed by atoms with Gasteiger partial charge in [-0.05, 0) is 12.5 Å². The Kier molecular flexibility index (Phi) is 4.66. The predicted molar refractivity (Wildman–Crippen MR) is 61.4 cm³/mol. The molecule has 1 rings (SSSR count). The maximum atomic E-state index is 11.3. The van der Waals surface area contributed by atoms with Crippen LogP contribution in [0, 0.1) is 0 Å². The fraction of sp³-hybridized carbons (Fsp3) is 0.364. The van der Waals surface area contributed by atoms with Crippen molar-refractivity contribution in [2.45, 2.75) is 19.4 Å². The second-order valence-corrected chi connectivity index (χ2v) is 3.93. The van der Waals surface area contributed by atoms with Crippen molar-refractivity contribution in [1.29, 1.82) is 0 Å². The summed E-state index contributed by atoms with van der Waals surface area (Å²) in [5.74, 6) is 0.0817. The molecule has 1 unspecified atom stereocenters. The molecule has 0 aliphatic carbocycles. The molecule has 1 aromatic carbocycles. The number of halogens is 1. The van der Waals surface area contributed by atoms with Crippen LogP contribution in [0.15, 0.2) is 30.3 Å². The summed E-state index contributed by atoms with van der Waals surface area (Å²) in [6, 6.07) is 10.0. The minimum Gasteiger partial charge on any atom is -0.350 e. The zero-order chi connectivity index (χ0) is 10.4. The van der Waals surface area contributed by atoms with Crippen molar-refractivity contribution < 1.29 is 4.79 Å². The summed E-state index contributed by atoms with van der Waals surface area (Å²) in [4.78, 5) is 11.3. The molecule has 0 fully saturated rings. The lowest BCUT2D eigenvalue weighted by atomic mass is 10.1. The Labute approximate surface area is 92.8 Å². The standard InChI is InChI=1S/C11H14BrNO/c1-9(13-11(14)7-8-12)10-5-3-2-4-6-10/h2-6,9H,7-8H2,1H3,(H,13,14). The molecule has 1 aromatic rings. The topological polar surface area (TPSA) is 29.1 Å². The van der Waals surface area contributed by atoms with Crippen molar-refractivity contribution in [3.63, 3.8) is 0 Å². The van der Waals surface area contributed by atoms with Crippen molar-refractivity contribution in [3.05, 3.63) is 35.9 Å². The number of carbonyl (C=O) groups excluding carboxylic acids is 1. The van der Waals surface area contributed by atoms with E-state index >= 15 is 0 Å². The van der Waals surface area contributed by atoms with E-state index in [1.807, 2.05) is 37.3 Å². The van der Waals surface area contributed by atoms with Crippen molar-refractivity contribution in [3.8, 4) is 0 Å². The van der Waals surface area contributed by atoms with Crippen LogP contribution in [0.1, 0.15) is 24.9 Å². The Morgan fingerprint density at radius 1 is 1.43 bits per heavy atom. The number of rotatable bonds is 4. The molecular formula is C11H14BrNO. The van der Waals surface area contributed by atoms with E-state index in [0.29, 0.717) is 11.8 Å². The average Bonchev–Trinajstić information content (AvgIpc) is 2.19. The quantitative estimate of drug-likeness (QED) is 0.824. The van der Waals surface area contributed by atoms with Crippen LogP contribution >= 0.6 is 15.9 Å². The number of hydrogen-bond acceptors (Lipinski definition) is 1. The van der Waals surface area contributed by atoms with E-state index in [2.05, 4.69) is 21.2 Å². The monoisotopic (exact) mass is 255 g/mol. The molecule has 1 amide bonds. The summed E-state index contributed by atoms with van der Waals surface area (Å²) >= 11 is 3.24. The number of carbonyl (C=O) groups is 1. The number of benzene rings is 1. The van der Waals surface area contributed by atoms with Crippen molar-refractivity contribution in [2.24, 2.45) is 0 Å². The van der Waals surface area contributed by atoms with Gasteiger partial charge < -0.3 is 5.32 Å². The zero-order valence-corrected chi connectivity index (χ0v) is 9.75. The SMILES string of the molecule is CC(NC(=O)CCBr)c1ccccc1. The highest BCUT2D eigenvalue weighted by Crippen LogP contribution is 2.10. The molecule has 0 aliphatic heterocycles. The lowest BCUT2D eigenvalue weighted by Gasteiger charge is -2.13. The van der Waals surface area contributed by atoms with Gasteiger partial charge in [0.05, 0.1) is 6.04 Å². The van der Waals surface area contributed by atoms with Gasteiger partial charge in [0.2, 0.25) is 5.91 Å². The first-order valence-corrected chi connectivity index (χ1v) is 5.76. The lowest BCUT2D eigenvalue weighted by molar-refractivity contribution is -0.121. The number of nitrogens with one attached hydrogen (secondary N) is 1. The molecule has 0 radical (unpaired) electrons. The first-order chi connectivity index (χ1) is 6.74. The average molecular weight is 256 g/mol. The zero-order valence-electron chi connectivity index (χ0n) is 8.16. The van der Waals surface area contributed by atoms with E-state index in [9.17, 15) is 4.79 Å². The van der Waals surface area contributed by atoms with Crippen LogP contribution in [0.2, 0.25) is 0 Å². The first-order valence-electron chi connectivity index (χ1n) is 4.64. The Bertz CT molecular complexity index is 287. The van der Waals surface area contributed by atoms with Crippen LogP contribution in [0.25, 0.3) is 0 Å². The normalized spacial score (nSPS) is 12.1. The second-order valence-electron chi connectivity index (χ2n) is 3.14. The molecule has 76 valence electrons. The molecule has 0 aliphatic rings. The highest BCUT2D eigenvalue weighted by atomic mass is 79.9. The van der Waals surface area contributed by atoms with Crippen molar-refractivity contribution in [2.75, 3.05) is 5.33 Å². The first kappa shape index (κ1) is 11.2. The number of amides is 1. The highest BCUT2D eigenvalue weighted by Gasteiger charge is 2.07. The third-order valence-electron chi connectivity index (χ3n) is 2.00. The van der Waals surface area contributed by atoms with Crippen LogP contribution in [-0.2, 0) is 4.79 Å². The molecule has 0 saturated heterocycles. The fourth-order valence-electron chi connectivity index (χ4n) is 1.22. The summed E-state index contributed by atoms with van der Waals surface area (Å²) in [5.41, 5.74) is 1.13. The summed E-state index contributed by atoms with van der Waals surface area (Å²) in [6.45, 7) is 1.99. The van der Waals surface area contributed by atoms with E-state index < -0.39 is 0 Å². The molecule has 0 saturated carbocycles. The predicted octanol–water partition coefficient (Wildman–Crippen LogP) is 2.65. The summed E-state index contributed by atoms with van der Waals surface area (Å²) in [6.07, 6.45) is 0.525. The molecular weight excluding hydrogens is 242 g/mol. The van der Waals surface area contributed by atoms with Gasteiger partial charge in [-0.15, -0.1) is 0 Å². The number of alkyl halides is 1. The molecule has 0 bridgehead atoms. The van der Waals surface area contributed by atoms with Gasteiger partial charge in [-0.3, -0.25) is 4.79 Å². The summed E-state index contributed by atoms with van der Waals surface area (Å²) < 4.78 is 0. The Balaban J connectivity index is 2.50. The summed E-state index contributed by atoms with van der Waals surface area (Å²) in [7, 11) is 0. The smallest absolute Gasteiger partial charge is 0.221 e. The Morgan fingerprint density at radius 2 is 2.07 bits per heavy atom. The van der Waals surface area contributed by atoms with Gasteiger partial charge in [-0.25, -0.2) is 0 Å². The van der Waals surface area contributed by atoms with Crippen molar-refractivity contribution >= 4 is 21.8 Å². The molecule has 0 aromatic heterocycles. The van der Waals surface area contributed by atoms with Crippen LogP contribution in [0.5, 0.6) is 0 Å². The van der Waals surface area contributed by atoms with Gasteiger partial charge >= 0.3 is 0 Å². The van der Waals surface area contributed by atoms with E-state index in [4.69, 9.17) is 0 Å². The largest absolute Gasteiger partial charge is 0.350 e. The van der Waals surface area contributed by atoms with Crippen LogP contribution < -0.4 is 5.32 Å². The maximum Gasteiger partial charge on any atom is 0.221 e. The lowest BCUT2D eigenvalue weighted by Crippen LogP contribution is -2.26. The third-order valence-corrected chi connectivity index (χ3v) is 2.40. The highest BCUT2D eigenvalue weighted by molar-refractivity contribution is 9.09. The molecule has 0 heterocycles.